The van der Waals surface area contributed by atoms with Crippen LogP contribution >= 0.6 is 0 Å². The fourth-order valence-electron chi connectivity index (χ4n) is 6.44. The van der Waals surface area contributed by atoms with Crippen molar-refractivity contribution >= 4 is 5.78 Å². The fraction of sp³-hybridized carbons (Fsp3) is 0.513. The summed E-state index contributed by atoms with van der Waals surface area (Å²) in [6.45, 7) is 16.3. The van der Waals surface area contributed by atoms with Crippen LogP contribution in [0, 0.1) is 11.6 Å². The predicted octanol–water partition coefficient (Wildman–Crippen LogP) is 8.81. The molecule has 1 heterocycles. The molecule has 1 fully saturated rings. The number of nitrogens with zero attached hydrogens (tertiary/aromatic N) is 1. The summed E-state index contributed by atoms with van der Waals surface area (Å²) in [5.74, 6) is 0.624. The molecule has 4 nitrogen and oxygen atoms in total. The van der Waals surface area contributed by atoms with Crippen LogP contribution in [0.5, 0.6) is 5.75 Å². The maximum Gasteiger partial charge on any atom is 0.176 e. The lowest BCUT2D eigenvalue weighted by atomic mass is 9.78. The van der Waals surface area contributed by atoms with Crippen LogP contribution in [-0.4, -0.2) is 50.0 Å². The first-order valence-corrected chi connectivity index (χ1v) is 16.5. The zero-order valence-corrected chi connectivity index (χ0v) is 28.3. The highest BCUT2D eigenvalue weighted by molar-refractivity contribution is 5.98. The van der Waals surface area contributed by atoms with Crippen molar-refractivity contribution in [1.82, 2.24) is 10.2 Å². The zero-order chi connectivity index (χ0) is 32.8. The van der Waals surface area contributed by atoms with Gasteiger partial charge in [0, 0.05) is 35.2 Å². The van der Waals surface area contributed by atoms with Crippen LogP contribution in [0.3, 0.4) is 0 Å². The maximum absolute atomic E-state index is 13.6. The lowest BCUT2D eigenvalue weighted by Gasteiger charge is -2.30. The number of rotatable bonds is 13. The third-order valence-electron chi connectivity index (χ3n) is 9.07. The molecule has 0 radical (unpaired) electrons. The molecule has 1 aliphatic rings. The Morgan fingerprint density at radius 1 is 0.867 bits per heavy atom. The van der Waals surface area contributed by atoms with E-state index in [1.54, 1.807) is 7.11 Å². The number of ketones is 1. The summed E-state index contributed by atoms with van der Waals surface area (Å²) >= 11 is 0. The van der Waals surface area contributed by atoms with Gasteiger partial charge in [0.15, 0.2) is 5.78 Å². The minimum Gasteiger partial charge on any atom is -0.496 e. The van der Waals surface area contributed by atoms with Crippen LogP contribution in [0.4, 0.5) is 8.78 Å². The summed E-state index contributed by atoms with van der Waals surface area (Å²) < 4.78 is 33.0. The smallest absolute Gasteiger partial charge is 0.176 e. The molecule has 1 saturated heterocycles. The van der Waals surface area contributed by atoms with Crippen molar-refractivity contribution in [3.63, 3.8) is 0 Å². The number of carbonyl (C=O) groups is 1. The molecule has 3 aromatic carbocycles. The summed E-state index contributed by atoms with van der Waals surface area (Å²) in [5.41, 5.74) is 4.69. The first-order valence-electron chi connectivity index (χ1n) is 16.5. The molecule has 4 rings (SSSR count). The molecule has 6 heteroatoms. The standard InChI is InChI=1S/C39H52F2N2O2/c1-38(2,3)34-23-29(24-35(37(34)45-7)39(4,5)6)36(44)25-42-32-20-22-43(26-32)21-10-8-9-11-33(27-12-16-30(40)17-13-27)28-14-18-31(41)19-15-28/h12-19,23-24,32-33,42H,8-11,20-22,25-26H2,1-7H3/t32-/m1/s1. The molecule has 0 aromatic heterocycles. The quantitative estimate of drug-likeness (QED) is 0.154. The summed E-state index contributed by atoms with van der Waals surface area (Å²) in [7, 11) is 1.72. The van der Waals surface area contributed by atoms with Gasteiger partial charge in [0.1, 0.15) is 17.4 Å². The Morgan fingerprint density at radius 3 is 1.89 bits per heavy atom. The molecule has 0 amide bonds. The van der Waals surface area contributed by atoms with Gasteiger partial charge in [-0.2, -0.15) is 0 Å². The molecule has 1 N–H and O–H groups in total. The van der Waals surface area contributed by atoms with Gasteiger partial charge >= 0.3 is 0 Å². The van der Waals surface area contributed by atoms with Crippen LogP contribution in [0.2, 0.25) is 0 Å². The Labute approximate surface area is 269 Å². The number of Topliss-reactive ketones (excluding diaryl/α,β-unsaturated/α-hetero) is 1. The van der Waals surface area contributed by atoms with Gasteiger partial charge in [-0.15, -0.1) is 0 Å². The molecular weight excluding hydrogens is 566 g/mol. The first-order chi connectivity index (χ1) is 21.3. The Hall–Kier alpha value is -3.09. The third kappa shape index (κ3) is 9.46. The average Bonchev–Trinajstić information content (AvgIpc) is 3.45. The number of halogens is 2. The van der Waals surface area contributed by atoms with Crippen molar-refractivity contribution < 1.29 is 18.3 Å². The van der Waals surface area contributed by atoms with E-state index in [1.165, 1.54) is 24.3 Å². The normalized spacial score (nSPS) is 16.0. The molecule has 45 heavy (non-hydrogen) atoms. The monoisotopic (exact) mass is 618 g/mol. The molecular formula is C39H52F2N2O2. The number of ether oxygens (including phenoxy) is 1. The summed E-state index contributed by atoms with van der Waals surface area (Å²) in [4.78, 5) is 15.9. The highest BCUT2D eigenvalue weighted by atomic mass is 19.1. The number of methoxy groups -OCH3 is 1. The van der Waals surface area contributed by atoms with Crippen LogP contribution in [0.25, 0.3) is 0 Å². The van der Waals surface area contributed by atoms with Gasteiger partial charge in [0.25, 0.3) is 0 Å². The topological polar surface area (TPSA) is 41.6 Å². The summed E-state index contributed by atoms with van der Waals surface area (Å²) in [6.07, 6.45) is 5.20. The van der Waals surface area contributed by atoms with E-state index >= 15 is 0 Å². The van der Waals surface area contributed by atoms with Gasteiger partial charge in [-0.3, -0.25) is 4.79 Å². The predicted molar refractivity (Wildman–Crippen MR) is 181 cm³/mol. The van der Waals surface area contributed by atoms with Gasteiger partial charge in [0.2, 0.25) is 0 Å². The second-order valence-corrected chi connectivity index (χ2v) is 14.7. The van der Waals surface area contributed by atoms with Crippen LogP contribution in [0.15, 0.2) is 60.7 Å². The fourth-order valence-corrected chi connectivity index (χ4v) is 6.44. The Bertz CT molecular complexity index is 1320. The minimum atomic E-state index is -0.246. The number of carbonyl (C=O) groups excluding carboxylic acids is 1. The molecule has 0 bridgehead atoms. The van der Waals surface area contributed by atoms with Gasteiger partial charge in [-0.05, 0) is 90.7 Å². The van der Waals surface area contributed by atoms with E-state index in [0.717, 1.165) is 85.3 Å². The average molecular weight is 619 g/mol. The van der Waals surface area contributed by atoms with E-state index in [2.05, 4.69) is 51.8 Å². The van der Waals surface area contributed by atoms with E-state index in [9.17, 15) is 13.6 Å². The first kappa shape index (κ1) is 34.8. The number of benzene rings is 3. The van der Waals surface area contributed by atoms with Crippen molar-refractivity contribution in [2.75, 3.05) is 33.3 Å². The Kier molecular flexibility index (Phi) is 11.6. The second-order valence-electron chi connectivity index (χ2n) is 14.7. The highest BCUT2D eigenvalue weighted by Gasteiger charge is 2.29. The van der Waals surface area contributed by atoms with E-state index in [1.807, 2.05) is 36.4 Å². The number of hydrogen-bond donors (Lipinski definition) is 1. The lowest BCUT2D eigenvalue weighted by Crippen LogP contribution is -2.36. The Balaban J connectivity index is 1.26. The van der Waals surface area contributed by atoms with Crippen LogP contribution in [-0.2, 0) is 10.8 Å². The molecule has 0 unspecified atom stereocenters. The van der Waals surface area contributed by atoms with Gasteiger partial charge < -0.3 is 15.0 Å². The molecule has 0 spiro atoms. The third-order valence-corrected chi connectivity index (χ3v) is 9.07. The zero-order valence-electron chi connectivity index (χ0n) is 28.3. The SMILES string of the molecule is COc1c(C(C)(C)C)cc(C(=O)CN[C@@H]2CCN(CCCCCC(c3ccc(F)cc3)c3ccc(F)cc3)C2)cc1C(C)(C)C. The van der Waals surface area contributed by atoms with Gasteiger partial charge in [0.05, 0.1) is 13.7 Å². The van der Waals surface area contributed by atoms with Crippen LogP contribution < -0.4 is 10.1 Å². The largest absolute Gasteiger partial charge is 0.496 e. The molecule has 1 aliphatic heterocycles. The number of unbranched alkanes of at least 4 members (excludes halogenated alkanes) is 2. The van der Waals surface area contributed by atoms with Crippen molar-refractivity contribution in [3.8, 4) is 5.75 Å². The van der Waals surface area contributed by atoms with E-state index in [4.69, 9.17) is 4.74 Å². The summed E-state index contributed by atoms with van der Waals surface area (Å²) in [6, 6.07) is 17.7. The van der Waals surface area contributed by atoms with Crippen molar-refractivity contribution in [3.05, 3.63) is 100 Å². The van der Waals surface area contributed by atoms with Crippen LogP contribution in [0.1, 0.15) is 112 Å². The molecule has 0 aliphatic carbocycles. The number of hydrogen-bond acceptors (Lipinski definition) is 4. The lowest BCUT2D eigenvalue weighted by molar-refractivity contribution is 0.0987. The maximum atomic E-state index is 13.6. The van der Waals surface area contributed by atoms with Gasteiger partial charge in [-0.1, -0.05) is 78.6 Å². The Morgan fingerprint density at radius 2 is 1.40 bits per heavy atom. The minimum absolute atomic E-state index is 0.115. The van der Waals surface area contributed by atoms with Gasteiger partial charge in [-0.25, -0.2) is 8.78 Å². The van der Waals surface area contributed by atoms with Crippen molar-refractivity contribution in [1.29, 1.82) is 0 Å². The highest BCUT2D eigenvalue weighted by Crippen LogP contribution is 2.40. The van der Waals surface area contributed by atoms with E-state index < -0.39 is 0 Å². The molecule has 1 atom stereocenters. The van der Waals surface area contributed by atoms with E-state index in [0.29, 0.717) is 12.6 Å². The molecule has 0 saturated carbocycles. The summed E-state index contributed by atoms with van der Waals surface area (Å²) in [5, 5.41) is 3.54. The van der Waals surface area contributed by atoms with Crippen molar-refractivity contribution in [2.24, 2.45) is 0 Å². The molecule has 3 aromatic rings. The van der Waals surface area contributed by atoms with E-state index in [-0.39, 0.29) is 34.2 Å². The number of likely N-dealkylation sites (tertiary alicyclic amines) is 1. The van der Waals surface area contributed by atoms with Crippen molar-refractivity contribution in [2.45, 2.75) is 96.4 Å². The molecule has 244 valence electrons. The second kappa shape index (κ2) is 15.0. The number of nitrogens with one attached hydrogen (secondary N) is 1.